The van der Waals surface area contributed by atoms with Crippen LogP contribution in [0.3, 0.4) is 0 Å². The predicted molar refractivity (Wildman–Crippen MR) is 72.3 cm³/mol. The number of benzene rings is 1. The van der Waals surface area contributed by atoms with E-state index < -0.39 is 23.1 Å². The second kappa shape index (κ2) is 6.15. The van der Waals surface area contributed by atoms with Gasteiger partial charge in [-0.25, -0.2) is 8.78 Å². The molecule has 1 aromatic carbocycles. The van der Waals surface area contributed by atoms with Crippen LogP contribution in [0, 0.1) is 11.6 Å². The number of aliphatic hydroxyl groups is 1. The number of nitrogens with one attached hydrogen (secondary N) is 1. The first kappa shape index (κ1) is 16.3. The highest BCUT2D eigenvalue weighted by molar-refractivity contribution is 5.99. The third-order valence-corrected chi connectivity index (χ3v) is 2.62. The molecule has 0 aromatic heterocycles. The SMILES string of the molecule is CN(C)CC(C)(O)CNC(=O)c1cc(F)c(F)cc1N. The summed E-state index contributed by atoms with van der Waals surface area (Å²) in [7, 11) is 3.56. The van der Waals surface area contributed by atoms with E-state index in [0.29, 0.717) is 6.54 Å². The van der Waals surface area contributed by atoms with Gasteiger partial charge in [-0.05, 0) is 27.1 Å². The lowest BCUT2D eigenvalue weighted by molar-refractivity contribution is 0.0326. The quantitative estimate of drug-likeness (QED) is 0.693. The number of hydrogen-bond acceptors (Lipinski definition) is 4. The van der Waals surface area contributed by atoms with Gasteiger partial charge in [-0.3, -0.25) is 4.79 Å². The van der Waals surface area contributed by atoms with Crippen molar-refractivity contribution in [2.75, 3.05) is 32.9 Å². The van der Waals surface area contributed by atoms with Crippen molar-refractivity contribution in [2.45, 2.75) is 12.5 Å². The highest BCUT2D eigenvalue weighted by Crippen LogP contribution is 2.17. The zero-order valence-electron chi connectivity index (χ0n) is 11.7. The highest BCUT2D eigenvalue weighted by atomic mass is 19.2. The molecule has 0 saturated heterocycles. The molecule has 4 N–H and O–H groups in total. The molecule has 0 spiro atoms. The first-order chi connectivity index (χ1) is 9.12. The molecular formula is C13H19F2N3O2. The Kier molecular flexibility index (Phi) is 5.02. The minimum Gasteiger partial charge on any atom is -0.398 e. The van der Waals surface area contributed by atoms with Gasteiger partial charge in [0.25, 0.3) is 5.91 Å². The summed E-state index contributed by atoms with van der Waals surface area (Å²) in [5.41, 5.74) is 4.01. The van der Waals surface area contributed by atoms with E-state index in [4.69, 9.17) is 5.73 Å². The molecule has 20 heavy (non-hydrogen) atoms. The minimum absolute atomic E-state index is 0.0392. The first-order valence-electron chi connectivity index (χ1n) is 6.02. The molecule has 0 aliphatic rings. The van der Waals surface area contributed by atoms with E-state index >= 15 is 0 Å². The van der Waals surface area contributed by atoms with Crippen LogP contribution >= 0.6 is 0 Å². The number of anilines is 1. The average Bonchev–Trinajstić information content (AvgIpc) is 2.29. The second-order valence-electron chi connectivity index (χ2n) is 5.27. The molecule has 112 valence electrons. The summed E-state index contributed by atoms with van der Waals surface area (Å²) in [5, 5.41) is 12.5. The van der Waals surface area contributed by atoms with Gasteiger partial charge < -0.3 is 21.1 Å². The Balaban J connectivity index is 2.75. The maximum absolute atomic E-state index is 13.1. The van der Waals surface area contributed by atoms with E-state index in [0.717, 1.165) is 12.1 Å². The van der Waals surface area contributed by atoms with Crippen molar-refractivity contribution in [1.29, 1.82) is 0 Å². The number of nitrogen functional groups attached to an aromatic ring is 1. The minimum atomic E-state index is -1.15. The molecule has 7 heteroatoms. The standard InChI is InChI=1S/C13H19F2N3O2/c1-13(20,7-18(2)3)6-17-12(19)8-4-9(14)10(15)5-11(8)16/h4-5,20H,6-7,16H2,1-3H3,(H,17,19). The lowest BCUT2D eigenvalue weighted by atomic mass is 10.1. The van der Waals surface area contributed by atoms with Crippen LogP contribution in [0.5, 0.6) is 0 Å². The van der Waals surface area contributed by atoms with Crippen LogP contribution in [0.15, 0.2) is 12.1 Å². The van der Waals surface area contributed by atoms with Gasteiger partial charge in [0.15, 0.2) is 11.6 Å². The zero-order chi connectivity index (χ0) is 15.5. The van der Waals surface area contributed by atoms with Gasteiger partial charge in [-0.15, -0.1) is 0 Å². The van der Waals surface area contributed by atoms with Crippen LogP contribution in [0.1, 0.15) is 17.3 Å². The topological polar surface area (TPSA) is 78.6 Å². The molecule has 0 aliphatic heterocycles. The van der Waals surface area contributed by atoms with Crippen LogP contribution < -0.4 is 11.1 Å². The largest absolute Gasteiger partial charge is 0.398 e. The summed E-state index contributed by atoms with van der Waals surface area (Å²) in [5.74, 6) is -2.93. The number of nitrogens with two attached hydrogens (primary N) is 1. The molecule has 1 rings (SSSR count). The lowest BCUT2D eigenvalue weighted by Gasteiger charge is -2.27. The van der Waals surface area contributed by atoms with E-state index in [1.807, 2.05) is 0 Å². The molecule has 0 fully saturated rings. The van der Waals surface area contributed by atoms with E-state index in [1.165, 1.54) is 0 Å². The molecule has 1 unspecified atom stereocenters. The van der Waals surface area contributed by atoms with E-state index in [1.54, 1.807) is 25.9 Å². The normalized spacial score (nSPS) is 14.2. The molecule has 1 aromatic rings. The zero-order valence-corrected chi connectivity index (χ0v) is 11.7. The summed E-state index contributed by atoms with van der Waals surface area (Å²) in [4.78, 5) is 13.6. The average molecular weight is 287 g/mol. The van der Waals surface area contributed by atoms with Crippen LogP contribution in [0.25, 0.3) is 0 Å². The van der Waals surface area contributed by atoms with Crippen molar-refractivity contribution >= 4 is 11.6 Å². The monoisotopic (exact) mass is 287 g/mol. The fourth-order valence-corrected chi connectivity index (χ4v) is 1.86. The van der Waals surface area contributed by atoms with Gasteiger partial charge in [0.1, 0.15) is 0 Å². The Morgan fingerprint density at radius 1 is 1.40 bits per heavy atom. The van der Waals surface area contributed by atoms with E-state index in [2.05, 4.69) is 5.32 Å². The molecule has 0 bridgehead atoms. The number of rotatable bonds is 5. The number of carbonyl (C=O) groups excluding carboxylic acids is 1. The molecular weight excluding hydrogens is 268 g/mol. The Labute approximate surface area is 116 Å². The van der Waals surface area contributed by atoms with Crippen LogP contribution in [0.2, 0.25) is 0 Å². The third kappa shape index (κ3) is 4.43. The maximum Gasteiger partial charge on any atom is 0.253 e. The summed E-state index contributed by atoms with van der Waals surface area (Å²) in [6.07, 6.45) is 0. The summed E-state index contributed by atoms with van der Waals surface area (Å²) in [6, 6.07) is 1.49. The van der Waals surface area contributed by atoms with Crippen molar-refractivity contribution in [1.82, 2.24) is 10.2 Å². The summed E-state index contributed by atoms with van der Waals surface area (Å²) in [6.45, 7) is 1.85. The summed E-state index contributed by atoms with van der Waals surface area (Å²) >= 11 is 0. The molecule has 0 radical (unpaired) electrons. The fourth-order valence-electron chi connectivity index (χ4n) is 1.86. The fraction of sp³-hybridized carbons (Fsp3) is 0.462. The van der Waals surface area contributed by atoms with Gasteiger partial charge in [0, 0.05) is 24.8 Å². The van der Waals surface area contributed by atoms with Gasteiger partial charge in [-0.2, -0.15) is 0 Å². The predicted octanol–water partition coefficient (Wildman–Crippen LogP) is 0.589. The van der Waals surface area contributed by atoms with Crippen molar-refractivity contribution in [3.63, 3.8) is 0 Å². The summed E-state index contributed by atoms with van der Waals surface area (Å²) < 4.78 is 26.0. The Morgan fingerprint density at radius 2 is 1.95 bits per heavy atom. The third-order valence-electron chi connectivity index (χ3n) is 2.62. The van der Waals surface area contributed by atoms with Crippen LogP contribution in [-0.4, -0.2) is 48.7 Å². The van der Waals surface area contributed by atoms with E-state index in [-0.39, 0.29) is 17.8 Å². The second-order valence-corrected chi connectivity index (χ2v) is 5.27. The molecule has 0 heterocycles. The Bertz CT molecular complexity index is 505. The number of amides is 1. The number of carbonyl (C=O) groups is 1. The van der Waals surface area contributed by atoms with Crippen LogP contribution in [0.4, 0.5) is 14.5 Å². The lowest BCUT2D eigenvalue weighted by Crippen LogP contribution is -2.47. The van der Waals surface area contributed by atoms with Crippen molar-refractivity contribution < 1.29 is 18.7 Å². The molecule has 5 nitrogen and oxygen atoms in total. The van der Waals surface area contributed by atoms with Crippen LogP contribution in [-0.2, 0) is 0 Å². The Hall–Kier alpha value is -1.73. The van der Waals surface area contributed by atoms with Crippen molar-refractivity contribution in [3.05, 3.63) is 29.3 Å². The Morgan fingerprint density at radius 3 is 2.50 bits per heavy atom. The molecule has 0 saturated carbocycles. The first-order valence-corrected chi connectivity index (χ1v) is 6.02. The smallest absolute Gasteiger partial charge is 0.253 e. The number of nitrogens with zero attached hydrogens (tertiary/aromatic N) is 1. The number of halogens is 2. The van der Waals surface area contributed by atoms with Gasteiger partial charge >= 0.3 is 0 Å². The molecule has 1 atom stereocenters. The number of hydrogen-bond donors (Lipinski definition) is 3. The molecule has 0 aliphatic carbocycles. The van der Waals surface area contributed by atoms with Gasteiger partial charge in [0.05, 0.1) is 11.2 Å². The van der Waals surface area contributed by atoms with Crippen molar-refractivity contribution in [2.24, 2.45) is 0 Å². The van der Waals surface area contributed by atoms with E-state index in [9.17, 15) is 18.7 Å². The molecule has 1 amide bonds. The maximum atomic E-state index is 13.1. The highest BCUT2D eigenvalue weighted by Gasteiger charge is 2.23. The van der Waals surface area contributed by atoms with Gasteiger partial charge in [0.2, 0.25) is 0 Å². The van der Waals surface area contributed by atoms with Gasteiger partial charge in [-0.1, -0.05) is 0 Å². The van der Waals surface area contributed by atoms with Crippen molar-refractivity contribution in [3.8, 4) is 0 Å². The number of likely N-dealkylation sites (N-methyl/N-ethyl adjacent to an activating group) is 1.